The van der Waals surface area contributed by atoms with E-state index < -0.39 is 29.5 Å². The van der Waals surface area contributed by atoms with Crippen LogP contribution in [0.3, 0.4) is 0 Å². The smallest absolute Gasteiger partial charge is 0.340 e. The van der Waals surface area contributed by atoms with Gasteiger partial charge in [0.15, 0.2) is 0 Å². The number of esters is 2. The first-order valence-electron chi connectivity index (χ1n) is 7.62. The molecule has 2 unspecified atom stereocenters. The zero-order valence-electron chi connectivity index (χ0n) is 14.4. The van der Waals surface area contributed by atoms with E-state index >= 15 is 0 Å². The van der Waals surface area contributed by atoms with Crippen LogP contribution >= 0.6 is 0 Å². The highest BCUT2D eigenvalue weighted by Crippen LogP contribution is 2.28. The van der Waals surface area contributed by atoms with E-state index in [1.807, 2.05) is 0 Å². The summed E-state index contributed by atoms with van der Waals surface area (Å²) in [7, 11) is 0. The molecule has 1 aromatic rings. The summed E-state index contributed by atoms with van der Waals surface area (Å²) in [6.45, 7) is 9.08. The molecule has 23 heavy (non-hydrogen) atoms. The lowest BCUT2D eigenvalue weighted by Gasteiger charge is -2.26. The van der Waals surface area contributed by atoms with Crippen LogP contribution in [0.15, 0.2) is 18.2 Å². The van der Waals surface area contributed by atoms with Crippen LogP contribution in [0, 0.1) is 0 Å². The molecule has 0 aliphatic rings. The van der Waals surface area contributed by atoms with E-state index in [4.69, 9.17) is 20.9 Å². The number of ether oxygens (including phenoxy) is 2. The zero-order valence-corrected chi connectivity index (χ0v) is 14.4. The molecular weight excluding hydrogens is 296 g/mol. The van der Waals surface area contributed by atoms with Crippen LogP contribution in [0.25, 0.3) is 0 Å². The molecule has 0 aliphatic carbocycles. The Hall–Kier alpha value is -2.08. The van der Waals surface area contributed by atoms with E-state index in [1.165, 1.54) is 0 Å². The maximum Gasteiger partial charge on any atom is 0.340 e. The molecule has 0 saturated carbocycles. The molecule has 0 fully saturated rings. The van der Waals surface area contributed by atoms with E-state index in [9.17, 15) is 9.59 Å². The Labute approximate surface area is 137 Å². The number of benzene rings is 1. The molecule has 0 radical (unpaired) electrons. The first kappa shape index (κ1) is 19.0. The van der Waals surface area contributed by atoms with E-state index in [-0.39, 0.29) is 17.9 Å². The Morgan fingerprint density at radius 3 is 2.39 bits per heavy atom. The summed E-state index contributed by atoms with van der Waals surface area (Å²) in [6, 6.07) is 4.14. The maximum absolute atomic E-state index is 12.1. The SMILES string of the molecule is CCOC(=O)c1cccc(C(C)C(N)C(=O)OC(C)(C)C)c1N. The topological polar surface area (TPSA) is 105 Å². The molecule has 128 valence electrons. The van der Waals surface area contributed by atoms with E-state index in [1.54, 1.807) is 52.8 Å². The summed E-state index contributed by atoms with van der Waals surface area (Å²) in [4.78, 5) is 24.0. The second kappa shape index (κ2) is 7.46. The third-order valence-corrected chi connectivity index (χ3v) is 3.34. The second-order valence-electron chi connectivity index (χ2n) is 6.38. The van der Waals surface area contributed by atoms with Crippen molar-refractivity contribution >= 4 is 17.6 Å². The summed E-state index contributed by atoms with van der Waals surface area (Å²) in [5.74, 6) is -1.41. The number of hydrogen-bond acceptors (Lipinski definition) is 6. The predicted octanol–water partition coefficient (Wildman–Crippen LogP) is 2.22. The molecule has 0 amide bonds. The highest BCUT2D eigenvalue weighted by atomic mass is 16.6. The third kappa shape index (κ3) is 4.96. The molecule has 0 heterocycles. The van der Waals surface area contributed by atoms with Crippen LogP contribution < -0.4 is 11.5 Å². The minimum Gasteiger partial charge on any atom is -0.462 e. The van der Waals surface area contributed by atoms with Gasteiger partial charge in [0.1, 0.15) is 11.6 Å². The van der Waals surface area contributed by atoms with Crippen molar-refractivity contribution in [3.8, 4) is 0 Å². The lowest BCUT2D eigenvalue weighted by molar-refractivity contribution is -0.156. The Morgan fingerprint density at radius 1 is 1.26 bits per heavy atom. The molecule has 2 atom stereocenters. The van der Waals surface area contributed by atoms with Crippen molar-refractivity contribution in [1.82, 2.24) is 0 Å². The fraction of sp³-hybridized carbons (Fsp3) is 0.529. The van der Waals surface area contributed by atoms with Gasteiger partial charge in [-0.05, 0) is 39.3 Å². The molecule has 6 heteroatoms. The van der Waals surface area contributed by atoms with Crippen LogP contribution in [0.5, 0.6) is 0 Å². The summed E-state index contributed by atoms with van der Waals surface area (Å²) in [5, 5.41) is 0. The van der Waals surface area contributed by atoms with Crippen LogP contribution in [0.2, 0.25) is 0 Å². The summed E-state index contributed by atoms with van der Waals surface area (Å²) >= 11 is 0. The average Bonchev–Trinajstić information content (AvgIpc) is 2.44. The van der Waals surface area contributed by atoms with Gasteiger partial charge in [0.2, 0.25) is 0 Å². The van der Waals surface area contributed by atoms with Crippen molar-refractivity contribution in [1.29, 1.82) is 0 Å². The van der Waals surface area contributed by atoms with Gasteiger partial charge in [0.05, 0.1) is 12.2 Å². The van der Waals surface area contributed by atoms with Crippen molar-refractivity contribution in [2.75, 3.05) is 12.3 Å². The molecule has 0 aromatic heterocycles. The predicted molar refractivity (Wildman–Crippen MR) is 89.0 cm³/mol. The van der Waals surface area contributed by atoms with Gasteiger partial charge in [-0.2, -0.15) is 0 Å². The standard InChI is InChI=1S/C17H26N2O4/c1-6-22-15(20)12-9-7-8-11(14(12)19)10(2)13(18)16(21)23-17(3,4)5/h7-10,13H,6,18-19H2,1-5H3. The van der Waals surface area contributed by atoms with Crippen molar-refractivity contribution in [3.05, 3.63) is 29.3 Å². The van der Waals surface area contributed by atoms with Gasteiger partial charge < -0.3 is 20.9 Å². The number of nitrogen functional groups attached to an aromatic ring is 1. The van der Waals surface area contributed by atoms with Gasteiger partial charge in [-0.15, -0.1) is 0 Å². The molecule has 0 spiro atoms. The number of carbonyl (C=O) groups excluding carboxylic acids is 2. The lowest BCUT2D eigenvalue weighted by Crippen LogP contribution is -2.41. The third-order valence-electron chi connectivity index (χ3n) is 3.34. The molecule has 0 bridgehead atoms. The van der Waals surface area contributed by atoms with Gasteiger partial charge >= 0.3 is 11.9 Å². The van der Waals surface area contributed by atoms with Crippen LogP contribution in [0.1, 0.15) is 56.5 Å². The van der Waals surface area contributed by atoms with Gasteiger partial charge in [-0.25, -0.2) is 4.79 Å². The van der Waals surface area contributed by atoms with Crippen molar-refractivity contribution in [2.45, 2.75) is 52.2 Å². The molecule has 1 rings (SSSR count). The minimum atomic E-state index is -0.881. The van der Waals surface area contributed by atoms with Crippen molar-refractivity contribution in [2.24, 2.45) is 5.73 Å². The van der Waals surface area contributed by atoms with Crippen LogP contribution in [-0.4, -0.2) is 30.2 Å². The molecule has 0 saturated heterocycles. The first-order chi connectivity index (χ1) is 10.6. The molecule has 4 N–H and O–H groups in total. The second-order valence-corrected chi connectivity index (χ2v) is 6.38. The van der Waals surface area contributed by atoms with Gasteiger partial charge in [0, 0.05) is 11.6 Å². The quantitative estimate of drug-likeness (QED) is 0.636. The van der Waals surface area contributed by atoms with Gasteiger partial charge in [-0.3, -0.25) is 4.79 Å². The van der Waals surface area contributed by atoms with Gasteiger partial charge in [0.25, 0.3) is 0 Å². The zero-order chi connectivity index (χ0) is 17.8. The molecular formula is C17H26N2O4. The summed E-state index contributed by atoms with van der Waals surface area (Å²) < 4.78 is 10.3. The van der Waals surface area contributed by atoms with E-state index in [2.05, 4.69) is 0 Å². The highest BCUT2D eigenvalue weighted by molar-refractivity contribution is 5.96. The Bertz CT molecular complexity index is 578. The maximum atomic E-state index is 12.1. The fourth-order valence-electron chi connectivity index (χ4n) is 2.13. The number of hydrogen-bond donors (Lipinski definition) is 2. The number of rotatable bonds is 5. The largest absolute Gasteiger partial charge is 0.462 e. The van der Waals surface area contributed by atoms with E-state index in [0.29, 0.717) is 5.56 Å². The van der Waals surface area contributed by atoms with Crippen LogP contribution in [0.4, 0.5) is 5.69 Å². The number of anilines is 1. The first-order valence-corrected chi connectivity index (χ1v) is 7.62. The monoisotopic (exact) mass is 322 g/mol. The van der Waals surface area contributed by atoms with E-state index in [0.717, 1.165) is 0 Å². The molecule has 6 nitrogen and oxygen atoms in total. The van der Waals surface area contributed by atoms with Crippen molar-refractivity contribution in [3.63, 3.8) is 0 Å². The normalized spacial score (nSPS) is 14.0. The van der Waals surface area contributed by atoms with Crippen molar-refractivity contribution < 1.29 is 19.1 Å². The van der Waals surface area contributed by atoms with Crippen LogP contribution in [-0.2, 0) is 14.3 Å². The Morgan fingerprint density at radius 2 is 1.87 bits per heavy atom. The fourth-order valence-corrected chi connectivity index (χ4v) is 2.13. The lowest BCUT2D eigenvalue weighted by atomic mass is 9.90. The number of para-hydroxylation sites is 1. The average molecular weight is 322 g/mol. The minimum absolute atomic E-state index is 0.259. The number of nitrogens with two attached hydrogens (primary N) is 2. The molecule has 0 aliphatic heterocycles. The highest BCUT2D eigenvalue weighted by Gasteiger charge is 2.29. The summed E-state index contributed by atoms with van der Waals surface area (Å²) in [5.41, 5.74) is 12.6. The number of carbonyl (C=O) groups is 2. The van der Waals surface area contributed by atoms with Gasteiger partial charge in [-0.1, -0.05) is 19.1 Å². The summed E-state index contributed by atoms with van der Waals surface area (Å²) in [6.07, 6.45) is 0. The molecule has 1 aromatic carbocycles. The Kier molecular flexibility index (Phi) is 6.15. The Balaban J connectivity index is 3.04.